The van der Waals surface area contributed by atoms with Gasteiger partial charge in [-0.15, -0.1) is 11.6 Å². The summed E-state index contributed by atoms with van der Waals surface area (Å²) in [7, 11) is 0. The van der Waals surface area contributed by atoms with Gasteiger partial charge in [-0.3, -0.25) is 0 Å². The minimum atomic E-state index is -0.550. The van der Waals surface area contributed by atoms with Crippen molar-refractivity contribution in [3.8, 4) is 0 Å². The fourth-order valence-electron chi connectivity index (χ4n) is 2.59. The second kappa shape index (κ2) is 5.81. The Morgan fingerprint density at radius 3 is 2.59 bits per heavy atom. The molecule has 0 N–H and O–H groups in total. The van der Waals surface area contributed by atoms with Gasteiger partial charge in [0.1, 0.15) is 11.6 Å². The third-order valence-electron chi connectivity index (χ3n) is 3.60. The van der Waals surface area contributed by atoms with E-state index in [1.165, 1.54) is 37.8 Å². The molecule has 0 saturated heterocycles. The Bertz CT molecular complexity index is 372. The first-order chi connectivity index (χ1) is 8.16. The molecule has 1 saturated carbocycles. The zero-order chi connectivity index (χ0) is 12.3. The summed E-state index contributed by atoms with van der Waals surface area (Å²) in [6.45, 7) is 0. The van der Waals surface area contributed by atoms with Crippen LogP contribution in [0.5, 0.6) is 0 Å². The molecular weight excluding hydrogens is 242 g/mol. The molecule has 17 heavy (non-hydrogen) atoms. The molecule has 1 unspecified atom stereocenters. The van der Waals surface area contributed by atoms with Crippen LogP contribution in [0, 0.1) is 17.6 Å². The van der Waals surface area contributed by atoms with Crippen LogP contribution >= 0.6 is 11.6 Å². The number of alkyl halides is 1. The Kier molecular flexibility index (Phi) is 4.38. The Morgan fingerprint density at radius 2 is 1.94 bits per heavy atom. The largest absolute Gasteiger partial charge is 0.207 e. The normalized spacial score (nSPS) is 18.5. The molecule has 94 valence electrons. The zero-order valence-electron chi connectivity index (χ0n) is 9.76. The second-order valence-corrected chi connectivity index (χ2v) is 5.39. The van der Waals surface area contributed by atoms with Gasteiger partial charge in [-0.1, -0.05) is 31.7 Å². The molecule has 0 amide bonds. The van der Waals surface area contributed by atoms with Gasteiger partial charge in [0.15, 0.2) is 0 Å². The molecule has 0 radical (unpaired) electrons. The lowest BCUT2D eigenvalue weighted by molar-refractivity contribution is 0.474. The fourth-order valence-corrected chi connectivity index (χ4v) is 2.90. The molecule has 1 aromatic rings. The first kappa shape index (κ1) is 12.8. The zero-order valence-corrected chi connectivity index (χ0v) is 10.5. The van der Waals surface area contributed by atoms with Crippen LogP contribution in [0.2, 0.25) is 0 Å². The van der Waals surface area contributed by atoms with Crippen molar-refractivity contribution >= 4 is 11.6 Å². The summed E-state index contributed by atoms with van der Waals surface area (Å²) in [6, 6.07) is 3.63. The van der Waals surface area contributed by atoms with E-state index in [9.17, 15) is 8.78 Å². The summed E-state index contributed by atoms with van der Waals surface area (Å²) in [5.41, 5.74) is 0.422. The van der Waals surface area contributed by atoms with Gasteiger partial charge in [0.05, 0.1) is 5.38 Å². The van der Waals surface area contributed by atoms with E-state index in [-0.39, 0.29) is 5.38 Å². The van der Waals surface area contributed by atoms with Gasteiger partial charge in [-0.05, 0) is 24.8 Å². The summed E-state index contributed by atoms with van der Waals surface area (Å²) >= 11 is 6.18. The molecule has 1 aromatic carbocycles. The quantitative estimate of drug-likeness (QED) is 0.650. The summed E-state index contributed by atoms with van der Waals surface area (Å²) < 4.78 is 26.2. The standard InChI is InChI=1S/C14H17ClF2/c15-13(8-5-10-3-1-2-4-10)12-7-6-11(16)9-14(12)17/h6-7,9-10,13H,1-5,8H2. The van der Waals surface area contributed by atoms with Crippen LogP contribution in [0.1, 0.15) is 49.5 Å². The van der Waals surface area contributed by atoms with Crippen LogP contribution in [-0.4, -0.2) is 0 Å². The third-order valence-corrected chi connectivity index (χ3v) is 4.06. The van der Waals surface area contributed by atoms with Gasteiger partial charge in [-0.2, -0.15) is 0 Å². The van der Waals surface area contributed by atoms with Gasteiger partial charge in [-0.25, -0.2) is 8.78 Å². The molecule has 1 aliphatic carbocycles. The SMILES string of the molecule is Fc1ccc(C(Cl)CCC2CCCC2)c(F)c1. The van der Waals surface area contributed by atoms with Crippen LogP contribution in [0.15, 0.2) is 18.2 Å². The molecule has 3 heteroatoms. The molecule has 0 aliphatic heterocycles. The van der Waals surface area contributed by atoms with E-state index in [0.29, 0.717) is 5.56 Å². The minimum absolute atomic E-state index is 0.337. The minimum Gasteiger partial charge on any atom is -0.207 e. The van der Waals surface area contributed by atoms with Crippen molar-refractivity contribution in [1.82, 2.24) is 0 Å². The van der Waals surface area contributed by atoms with E-state index < -0.39 is 11.6 Å². The molecule has 0 bridgehead atoms. The van der Waals surface area contributed by atoms with E-state index in [4.69, 9.17) is 11.6 Å². The van der Waals surface area contributed by atoms with E-state index in [1.54, 1.807) is 0 Å². The number of benzene rings is 1. The first-order valence-electron chi connectivity index (χ1n) is 6.26. The van der Waals surface area contributed by atoms with Crippen molar-refractivity contribution in [2.75, 3.05) is 0 Å². The Morgan fingerprint density at radius 1 is 1.24 bits per heavy atom. The monoisotopic (exact) mass is 258 g/mol. The van der Waals surface area contributed by atoms with Gasteiger partial charge in [0, 0.05) is 11.6 Å². The lowest BCUT2D eigenvalue weighted by atomic mass is 9.98. The van der Waals surface area contributed by atoms with E-state index in [0.717, 1.165) is 24.8 Å². The molecule has 0 aromatic heterocycles. The average Bonchev–Trinajstić information content (AvgIpc) is 2.78. The lowest BCUT2D eigenvalue weighted by Gasteiger charge is -2.14. The molecule has 2 rings (SSSR count). The molecule has 0 spiro atoms. The molecule has 1 aliphatic rings. The third kappa shape index (κ3) is 3.41. The Labute approximate surface area is 106 Å². The number of hydrogen-bond acceptors (Lipinski definition) is 0. The highest BCUT2D eigenvalue weighted by atomic mass is 35.5. The Balaban J connectivity index is 1.91. The van der Waals surface area contributed by atoms with E-state index >= 15 is 0 Å². The van der Waals surface area contributed by atoms with Crippen molar-refractivity contribution in [1.29, 1.82) is 0 Å². The maximum absolute atomic E-state index is 13.5. The summed E-state index contributed by atoms with van der Waals surface area (Å²) in [5, 5.41) is -0.337. The molecule has 0 nitrogen and oxygen atoms in total. The van der Waals surface area contributed by atoms with Crippen molar-refractivity contribution in [2.24, 2.45) is 5.92 Å². The summed E-state index contributed by atoms with van der Waals surface area (Å²) in [4.78, 5) is 0. The maximum Gasteiger partial charge on any atom is 0.130 e. The summed E-state index contributed by atoms with van der Waals surface area (Å²) in [5.74, 6) is -0.331. The smallest absolute Gasteiger partial charge is 0.130 e. The maximum atomic E-state index is 13.5. The average molecular weight is 259 g/mol. The van der Waals surface area contributed by atoms with Crippen LogP contribution in [0.3, 0.4) is 0 Å². The van der Waals surface area contributed by atoms with Gasteiger partial charge in [0.25, 0.3) is 0 Å². The second-order valence-electron chi connectivity index (χ2n) is 4.86. The highest BCUT2D eigenvalue weighted by Gasteiger charge is 2.19. The van der Waals surface area contributed by atoms with E-state index in [1.807, 2.05) is 0 Å². The first-order valence-corrected chi connectivity index (χ1v) is 6.69. The fraction of sp³-hybridized carbons (Fsp3) is 0.571. The number of hydrogen-bond donors (Lipinski definition) is 0. The van der Waals surface area contributed by atoms with Gasteiger partial charge < -0.3 is 0 Å². The Hall–Kier alpha value is -0.630. The van der Waals surface area contributed by atoms with Gasteiger partial charge in [0.2, 0.25) is 0 Å². The molecule has 1 atom stereocenters. The highest BCUT2D eigenvalue weighted by Crippen LogP contribution is 2.34. The molecule has 1 fully saturated rings. The van der Waals surface area contributed by atoms with Gasteiger partial charge >= 0.3 is 0 Å². The van der Waals surface area contributed by atoms with Crippen LogP contribution in [0.4, 0.5) is 8.78 Å². The number of halogens is 3. The number of rotatable bonds is 4. The van der Waals surface area contributed by atoms with Crippen molar-refractivity contribution in [2.45, 2.75) is 43.9 Å². The predicted octanol–water partition coefficient (Wildman–Crippen LogP) is 5.22. The van der Waals surface area contributed by atoms with Crippen LogP contribution < -0.4 is 0 Å². The van der Waals surface area contributed by atoms with Crippen molar-refractivity contribution in [3.63, 3.8) is 0 Å². The van der Waals surface area contributed by atoms with Crippen LogP contribution in [-0.2, 0) is 0 Å². The lowest BCUT2D eigenvalue weighted by Crippen LogP contribution is -2.00. The molecular formula is C14H17ClF2. The van der Waals surface area contributed by atoms with Crippen LogP contribution in [0.25, 0.3) is 0 Å². The predicted molar refractivity (Wildman–Crippen MR) is 66.1 cm³/mol. The van der Waals surface area contributed by atoms with Crippen molar-refractivity contribution in [3.05, 3.63) is 35.4 Å². The highest BCUT2D eigenvalue weighted by molar-refractivity contribution is 6.20. The summed E-state index contributed by atoms with van der Waals surface area (Å²) in [6.07, 6.45) is 6.98. The topological polar surface area (TPSA) is 0 Å². The van der Waals surface area contributed by atoms with Crippen molar-refractivity contribution < 1.29 is 8.78 Å². The molecule has 0 heterocycles. The van der Waals surface area contributed by atoms with E-state index in [2.05, 4.69) is 0 Å².